The Hall–Kier alpha value is -0.940. The van der Waals surface area contributed by atoms with E-state index in [4.69, 9.17) is 0 Å². The van der Waals surface area contributed by atoms with Crippen LogP contribution in [0.5, 0.6) is 0 Å². The molecule has 0 bridgehead atoms. The molecule has 0 saturated carbocycles. The summed E-state index contributed by atoms with van der Waals surface area (Å²) in [6, 6.07) is 3.82. The molecule has 0 radical (unpaired) electrons. The molecule has 2 aromatic rings. The van der Waals surface area contributed by atoms with Gasteiger partial charge in [-0.25, -0.2) is 0 Å². The zero-order valence-corrected chi connectivity index (χ0v) is 14.9. The predicted molar refractivity (Wildman–Crippen MR) is 87.3 cm³/mol. The van der Waals surface area contributed by atoms with Gasteiger partial charge in [0.2, 0.25) is 5.78 Å². The van der Waals surface area contributed by atoms with E-state index in [-0.39, 0.29) is 5.78 Å². The first-order valence-electron chi connectivity index (χ1n) is 6.48. The first kappa shape index (κ1) is 15.4. The number of halogens is 2. The van der Waals surface area contributed by atoms with Crippen molar-refractivity contribution in [1.82, 2.24) is 9.78 Å². The Kier molecular flexibility index (Phi) is 4.81. The van der Waals surface area contributed by atoms with Gasteiger partial charge in [0, 0.05) is 16.6 Å². The van der Waals surface area contributed by atoms with Crippen LogP contribution < -0.4 is 0 Å². The van der Waals surface area contributed by atoms with E-state index in [1.807, 2.05) is 26.0 Å². The van der Waals surface area contributed by atoms with Crippen LogP contribution in [-0.2, 0) is 6.54 Å². The molecule has 0 atom stereocenters. The van der Waals surface area contributed by atoms with Crippen molar-refractivity contribution in [2.75, 3.05) is 0 Å². The van der Waals surface area contributed by atoms with E-state index >= 15 is 0 Å². The number of carbonyl (C=O) groups excluding carboxylic acids is 1. The van der Waals surface area contributed by atoms with Gasteiger partial charge in [-0.3, -0.25) is 9.48 Å². The van der Waals surface area contributed by atoms with Crippen LogP contribution in [0.25, 0.3) is 0 Å². The van der Waals surface area contributed by atoms with Gasteiger partial charge in [0.25, 0.3) is 0 Å². The molecule has 0 aliphatic rings. The van der Waals surface area contributed by atoms with Crippen LogP contribution in [0.1, 0.15) is 40.5 Å². The molecule has 2 rings (SSSR count). The average Bonchev–Trinajstić information content (AvgIpc) is 2.76. The lowest BCUT2D eigenvalue weighted by Crippen LogP contribution is -2.12. The number of ketones is 1. The monoisotopic (exact) mass is 398 g/mol. The molecule has 20 heavy (non-hydrogen) atoms. The highest BCUT2D eigenvalue weighted by Crippen LogP contribution is 2.26. The molecule has 106 valence electrons. The third-order valence-corrected chi connectivity index (χ3v) is 4.98. The number of aromatic nitrogens is 2. The van der Waals surface area contributed by atoms with Crippen molar-refractivity contribution in [3.63, 3.8) is 0 Å². The van der Waals surface area contributed by atoms with Crippen molar-refractivity contribution in [3.05, 3.63) is 49.7 Å². The van der Waals surface area contributed by atoms with E-state index in [2.05, 4.69) is 43.9 Å². The zero-order chi connectivity index (χ0) is 14.9. The Morgan fingerprint density at radius 2 is 1.85 bits per heavy atom. The summed E-state index contributed by atoms with van der Waals surface area (Å²) in [5.41, 5.74) is 3.44. The number of hydrogen-bond donors (Lipinski definition) is 0. The topological polar surface area (TPSA) is 34.9 Å². The fourth-order valence-corrected chi connectivity index (χ4v) is 2.89. The van der Waals surface area contributed by atoms with Crippen LogP contribution in [-0.4, -0.2) is 15.6 Å². The molecule has 0 saturated heterocycles. The summed E-state index contributed by atoms with van der Waals surface area (Å²) < 4.78 is 3.56. The smallest absolute Gasteiger partial charge is 0.212 e. The van der Waals surface area contributed by atoms with E-state index in [1.54, 1.807) is 10.9 Å². The van der Waals surface area contributed by atoms with Crippen molar-refractivity contribution < 1.29 is 4.79 Å². The molecule has 0 spiro atoms. The molecule has 5 heteroatoms. The van der Waals surface area contributed by atoms with Gasteiger partial charge in [0.1, 0.15) is 5.69 Å². The fourth-order valence-electron chi connectivity index (χ4n) is 2.18. The molecule has 3 nitrogen and oxygen atoms in total. The summed E-state index contributed by atoms with van der Waals surface area (Å²) in [7, 11) is 0. The van der Waals surface area contributed by atoms with Gasteiger partial charge >= 0.3 is 0 Å². The second-order valence-electron chi connectivity index (χ2n) is 4.82. The largest absolute Gasteiger partial charge is 0.287 e. The highest BCUT2D eigenvalue weighted by molar-refractivity contribution is 9.10. The summed E-state index contributed by atoms with van der Waals surface area (Å²) in [6.07, 6.45) is 2.62. The Balaban J connectivity index is 2.49. The molecule has 0 amide bonds. The molecule has 0 aliphatic heterocycles. The molecule has 1 heterocycles. The maximum Gasteiger partial charge on any atom is 0.212 e. The first-order chi connectivity index (χ1) is 9.45. The van der Waals surface area contributed by atoms with Crippen molar-refractivity contribution >= 4 is 37.6 Å². The van der Waals surface area contributed by atoms with Crippen molar-refractivity contribution in [2.45, 2.75) is 33.7 Å². The predicted octanol–water partition coefficient (Wildman–Crippen LogP) is 4.67. The third-order valence-electron chi connectivity index (χ3n) is 3.14. The lowest BCUT2D eigenvalue weighted by molar-refractivity contribution is 0.102. The molecular weight excluding hydrogens is 384 g/mol. The minimum atomic E-state index is 0.00141. The van der Waals surface area contributed by atoms with Crippen LogP contribution >= 0.6 is 31.9 Å². The Morgan fingerprint density at radius 3 is 2.40 bits per heavy atom. The Labute approximate surface area is 135 Å². The number of nitrogens with zero attached hydrogens (tertiary/aromatic N) is 2. The summed E-state index contributed by atoms with van der Waals surface area (Å²) >= 11 is 6.95. The van der Waals surface area contributed by atoms with E-state index < -0.39 is 0 Å². The lowest BCUT2D eigenvalue weighted by Gasteiger charge is -2.09. The number of carbonyl (C=O) groups is 1. The van der Waals surface area contributed by atoms with Crippen LogP contribution in [0.4, 0.5) is 0 Å². The van der Waals surface area contributed by atoms with Gasteiger partial charge in [0.05, 0.1) is 10.7 Å². The lowest BCUT2D eigenvalue weighted by atomic mass is 10.0. The van der Waals surface area contributed by atoms with Crippen LogP contribution in [0.2, 0.25) is 0 Å². The average molecular weight is 400 g/mol. The zero-order valence-electron chi connectivity index (χ0n) is 11.7. The first-order valence-corrected chi connectivity index (χ1v) is 8.07. The highest BCUT2D eigenvalue weighted by Gasteiger charge is 2.19. The maximum atomic E-state index is 12.7. The second kappa shape index (κ2) is 6.22. The maximum absolute atomic E-state index is 12.7. The number of rotatable bonds is 4. The van der Waals surface area contributed by atoms with Crippen LogP contribution in [0.3, 0.4) is 0 Å². The quantitative estimate of drug-likeness (QED) is 0.700. The minimum absolute atomic E-state index is 0.00141. The molecule has 0 N–H and O–H groups in total. The normalized spacial score (nSPS) is 10.8. The van der Waals surface area contributed by atoms with Gasteiger partial charge < -0.3 is 0 Å². The summed E-state index contributed by atoms with van der Waals surface area (Å²) in [5.74, 6) is 0.00141. The standard InChI is InChI=1S/C15H16Br2N2O/c1-4-5-19-14(12(16)8-18-19)15(20)11-6-9(2)13(17)10(3)7-11/h6-8H,4-5H2,1-3H3. The molecule has 0 unspecified atom stereocenters. The summed E-state index contributed by atoms with van der Waals surface area (Å²) in [5, 5.41) is 4.25. The van der Waals surface area contributed by atoms with E-state index in [1.165, 1.54) is 0 Å². The van der Waals surface area contributed by atoms with Crippen molar-refractivity contribution in [2.24, 2.45) is 0 Å². The minimum Gasteiger partial charge on any atom is -0.287 e. The van der Waals surface area contributed by atoms with Gasteiger partial charge in [-0.05, 0) is 59.5 Å². The second-order valence-corrected chi connectivity index (χ2v) is 6.46. The van der Waals surface area contributed by atoms with Crippen molar-refractivity contribution in [1.29, 1.82) is 0 Å². The van der Waals surface area contributed by atoms with E-state index in [9.17, 15) is 4.79 Å². The van der Waals surface area contributed by atoms with Crippen molar-refractivity contribution in [3.8, 4) is 0 Å². The number of aryl methyl sites for hydroxylation is 3. The van der Waals surface area contributed by atoms with Gasteiger partial charge in [-0.2, -0.15) is 5.10 Å². The SMILES string of the molecule is CCCn1ncc(Br)c1C(=O)c1cc(C)c(Br)c(C)c1. The fraction of sp³-hybridized carbons (Fsp3) is 0.333. The number of hydrogen-bond acceptors (Lipinski definition) is 2. The summed E-state index contributed by atoms with van der Waals surface area (Å²) in [4.78, 5) is 12.7. The molecule has 0 aliphatic carbocycles. The van der Waals surface area contributed by atoms with Gasteiger partial charge in [0.15, 0.2) is 0 Å². The van der Waals surface area contributed by atoms with Crippen LogP contribution in [0, 0.1) is 13.8 Å². The molecule has 1 aromatic heterocycles. The highest BCUT2D eigenvalue weighted by atomic mass is 79.9. The molecular formula is C15H16Br2N2O. The Bertz CT molecular complexity index is 639. The molecule has 1 aromatic carbocycles. The Morgan fingerprint density at radius 1 is 1.25 bits per heavy atom. The van der Waals surface area contributed by atoms with Crippen LogP contribution in [0.15, 0.2) is 27.3 Å². The number of benzene rings is 1. The summed E-state index contributed by atoms with van der Waals surface area (Å²) in [6.45, 7) is 6.79. The van der Waals surface area contributed by atoms with E-state index in [0.29, 0.717) is 11.3 Å². The van der Waals surface area contributed by atoms with E-state index in [0.717, 1.165) is 33.0 Å². The third kappa shape index (κ3) is 2.88. The van der Waals surface area contributed by atoms with Gasteiger partial charge in [-0.15, -0.1) is 0 Å². The molecule has 0 fully saturated rings. The van der Waals surface area contributed by atoms with Gasteiger partial charge in [-0.1, -0.05) is 22.9 Å².